The number of ether oxygens (including phenoxy) is 1. The van der Waals surface area contributed by atoms with Gasteiger partial charge in [-0.1, -0.05) is 0 Å². The second kappa shape index (κ2) is 2.85. The van der Waals surface area contributed by atoms with Crippen LogP contribution < -0.4 is 11.1 Å². The fraction of sp³-hybridized carbons (Fsp3) is 0.800. The summed E-state index contributed by atoms with van der Waals surface area (Å²) < 4.78 is 4.55. The standard InChI is InChI=1S/C5H10N2O3/c6-5(9)10-4-2-7-1-3(4)8/h3-4,7-8H,1-2H2,(H2,6,9). The quantitative estimate of drug-likeness (QED) is 0.416. The molecule has 0 aromatic carbocycles. The maximum absolute atomic E-state index is 10.2. The SMILES string of the molecule is NC(=O)OC1CNCC1O. The Morgan fingerprint density at radius 1 is 1.70 bits per heavy atom. The average Bonchev–Trinajstić information content (AvgIpc) is 2.15. The van der Waals surface area contributed by atoms with Crippen molar-refractivity contribution >= 4 is 6.09 Å². The summed E-state index contributed by atoms with van der Waals surface area (Å²) in [5.74, 6) is 0. The molecule has 0 aromatic heterocycles. The van der Waals surface area contributed by atoms with E-state index in [0.717, 1.165) is 0 Å². The highest BCUT2D eigenvalue weighted by Crippen LogP contribution is 2.03. The number of carbonyl (C=O) groups is 1. The van der Waals surface area contributed by atoms with Crippen molar-refractivity contribution in [2.75, 3.05) is 13.1 Å². The van der Waals surface area contributed by atoms with E-state index in [1.54, 1.807) is 0 Å². The fourth-order valence-electron chi connectivity index (χ4n) is 0.910. The number of aliphatic hydroxyl groups excluding tert-OH is 1. The van der Waals surface area contributed by atoms with Crippen LogP contribution in [0.5, 0.6) is 0 Å². The molecule has 0 aliphatic carbocycles. The first-order valence-corrected chi connectivity index (χ1v) is 3.05. The van der Waals surface area contributed by atoms with Gasteiger partial charge in [0.15, 0.2) is 0 Å². The number of nitrogens with one attached hydrogen (secondary N) is 1. The van der Waals surface area contributed by atoms with Gasteiger partial charge in [0.2, 0.25) is 0 Å². The third-order valence-corrected chi connectivity index (χ3v) is 1.40. The Balaban J connectivity index is 2.33. The topological polar surface area (TPSA) is 84.6 Å². The largest absolute Gasteiger partial charge is 0.442 e. The minimum absolute atomic E-state index is 0.456. The summed E-state index contributed by atoms with van der Waals surface area (Å²) in [7, 11) is 0. The summed E-state index contributed by atoms with van der Waals surface area (Å²) >= 11 is 0. The number of β-amino-alcohol motifs (C(OH)–C–C–N with tert-alkyl or cyclic N) is 1. The highest BCUT2D eigenvalue weighted by Gasteiger charge is 2.27. The van der Waals surface area contributed by atoms with Crippen LogP contribution in [0.25, 0.3) is 0 Å². The zero-order valence-corrected chi connectivity index (χ0v) is 5.41. The van der Waals surface area contributed by atoms with Crippen LogP contribution in [0.4, 0.5) is 4.79 Å². The van der Waals surface area contributed by atoms with Gasteiger partial charge in [-0.05, 0) is 0 Å². The second-order valence-electron chi connectivity index (χ2n) is 2.20. The number of aliphatic hydroxyl groups is 1. The van der Waals surface area contributed by atoms with Crippen LogP contribution in [0.1, 0.15) is 0 Å². The van der Waals surface area contributed by atoms with Crippen molar-refractivity contribution in [3.05, 3.63) is 0 Å². The molecule has 4 N–H and O–H groups in total. The molecule has 0 aromatic rings. The average molecular weight is 146 g/mol. The first kappa shape index (κ1) is 7.30. The van der Waals surface area contributed by atoms with Crippen LogP contribution in [0.3, 0.4) is 0 Å². The van der Waals surface area contributed by atoms with Gasteiger partial charge in [-0.3, -0.25) is 0 Å². The predicted molar refractivity (Wildman–Crippen MR) is 33.3 cm³/mol. The molecule has 58 valence electrons. The first-order valence-electron chi connectivity index (χ1n) is 3.05. The van der Waals surface area contributed by atoms with Gasteiger partial charge in [-0.2, -0.15) is 0 Å². The van der Waals surface area contributed by atoms with E-state index in [1.807, 2.05) is 0 Å². The lowest BCUT2D eigenvalue weighted by atomic mass is 10.3. The third kappa shape index (κ3) is 1.58. The number of nitrogens with two attached hydrogens (primary N) is 1. The van der Waals surface area contributed by atoms with Gasteiger partial charge in [-0.25, -0.2) is 4.79 Å². The second-order valence-corrected chi connectivity index (χ2v) is 2.20. The van der Waals surface area contributed by atoms with Crippen LogP contribution in [-0.4, -0.2) is 36.5 Å². The number of hydrogen-bond donors (Lipinski definition) is 3. The monoisotopic (exact) mass is 146 g/mol. The van der Waals surface area contributed by atoms with Gasteiger partial charge >= 0.3 is 6.09 Å². The smallest absolute Gasteiger partial charge is 0.404 e. The van der Waals surface area contributed by atoms with E-state index in [2.05, 4.69) is 10.1 Å². The van der Waals surface area contributed by atoms with Crippen molar-refractivity contribution in [3.63, 3.8) is 0 Å². The van der Waals surface area contributed by atoms with E-state index in [9.17, 15) is 4.79 Å². The lowest BCUT2D eigenvalue weighted by molar-refractivity contribution is 0.0376. The maximum Gasteiger partial charge on any atom is 0.404 e. The van der Waals surface area contributed by atoms with E-state index in [1.165, 1.54) is 0 Å². The lowest BCUT2D eigenvalue weighted by Gasteiger charge is -2.11. The number of primary amides is 1. The third-order valence-electron chi connectivity index (χ3n) is 1.40. The molecule has 2 atom stereocenters. The molecule has 1 amide bonds. The van der Waals surface area contributed by atoms with Gasteiger partial charge in [0, 0.05) is 13.1 Å². The summed E-state index contributed by atoms with van der Waals surface area (Å²) in [6, 6.07) is 0. The van der Waals surface area contributed by atoms with E-state index < -0.39 is 18.3 Å². The van der Waals surface area contributed by atoms with Crippen molar-refractivity contribution in [3.8, 4) is 0 Å². The van der Waals surface area contributed by atoms with Gasteiger partial charge in [0.1, 0.15) is 12.2 Å². The highest BCUT2D eigenvalue weighted by molar-refractivity contribution is 5.64. The molecular formula is C5H10N2O3. The summed E-state index contributed by atoms with van der Waals surface area (Å²) in [5.41, 5.74) is 4.73. The van der Waals surface area contributed by atoms with E-state index >= 15 is 0 Å². The van der Waals surface area contributed by atoms with E-state index in [0.29, 0.717) is 13.1 Å². The van der Waals surface area contributed by atoms with Crippen LogP contribution in [0, 0.1) is 0 Å². The molecule has 5 nitrogen and oxygen atoms in total. The van der Waals surface area contributed by atoms with E-state index in [4.69, 9.17) is 10.8 Å². The van der Waals surface area contributed by atoms with Crippen molar-refractivity contribution < 1.29 is 14.6 Å². The molecule has 1 aliphatic rings. The Hall–Kier alpha value is -0.810. The van der Waals surface area contributed by atoms with Gasteiger partial charge < -0.3 is 20.9 Å². The highest BCUT2D eigenvalue weighted by atomic mass is 16.6. The Kier molecular flexibility index (Phi) is 2.08. The summed E-state index contributed by atoms with van der Waals surface area (Å²) in [6.07, 6.45) is -1.93. The molecule has 1 rings (SSSR count). The van der Waals surface area contributed by atoms with Crippen molar-refractivity contribution in [1.29, 1.82) is 0 Å². The molecule has 0 spiro atoms. The fourth-order valence-corrected chi connectivity index (χ4v) is 0.910. The van der Waals surface area contributed by atoms with Gasteiger partial charge in [0.05, 0.1) is 0 Å². The zero-order chi connectivity index (χ0) is 7.56. The zero-order valence-electron chi connectivity index (χ0n) is 5.41. The van der Waals surface area contributed by atoms with Gasteiger partial charge in [0.25, 0.3) is 0 Å². The Labute approximate surface area is 58.2 Å². The molecule has 0 saturated carbocycles. The number of carbonyl (C=O) groups excluding carboxylic acids is 1. The minimum Gasteiger partial charge on any atom is -0.442 e. The molecule has 0 radical (unpaired) electrons. The normalized spacial score (nSPS) is 32.1. The van der Waals surface area contributed by atoms with Crippen LogP contribution in [0.15, 0.2) is 0 Å². The van der Waals surface area contributed by atoms with Crippen molar-refractivity contribution in [2.45, 2.75) is 12.2 Å². The Morgan fingerprint density at radius 2 is 2.40 bits per heavy atom. The summed E-state index contributed by atoms with van der Waals surface area (Å²) in [6.45, 7) is 0.933. The predicted octanol–water partition coefficient (Wildman–Crippen LogP) is -1.59. The summed E-state index contributed by atoms with van der Waals surface area (Å²) in [4.78, 5) is 10.2. The maximum atomic E-state index is 10.2. The molecule has 1 saturated heterocycles. The van der Waals surface area contributed by atoms with Crippen LogP contribution in [0.2, 0.25) is 0 Å². The molecule has 1 fully saturated rings. The van der Waals surface area contributed by atoms with Crippen molar-refractivity contribution in [2.24, 2.45) is 5.73 Å². The van der Waals surface area contributed by atoms with Crippen LogP contribution >= 0.6 is 0 Å². The molecule has 5 heteroatoms. The minimum atomic E-state index is -0.840. The van der Waals surface area contributed by atoms with Crippen molar-refractivity contribution in [1.82, 2.24) is 5.32 Å². The molecule has 2 unspecified atom stereocenters. The number of amides is 1. The number of rotatable bonds is 1. The molecule has 1 aliphatic heterocycles. The van der Waals surface area contributed by atoms with Crippen LogP contribution in [-0.2, 0) is 4.74 Å². The first-order chi connectivity index (χ1) is 4.70. The number of hydrogen-bond acceptors (Lipinski definition) is 4. The molecule has 1 heterocycles. The summed E-state index contributed by atoms with van der Waals surface area (Å²) in [5, 5.41) is 11.9. The molecule has 10 heavy (non-hydrogen) atoms. The Morgan fingerprint density at radius 3 is 2.80 bits per heavy atom. The van der Waals surface area contributed by atoms with Gasteiger partial charge in [-0.15, -0.1) is 0 Å². The van der Waals surface area contributed by atoms with E-state index in [-0.39, 0.29) is 0 Å². The molecular weight excluding hydrogens is 136 g/mol. The lowest BCUT2D eigenvalue weighted by Crippen LogP contribution is -2.31. The Bertz CT molecular complexity index is 139. The molecule has 0 bridgehead atoms.